The predicted molar refractivity (Wildman–Crippen MR) is 68.1 cm³/mol. The molecule has 86 valence electrons. The molecule has 0 aromatic carbocycles. The van der Waals surface area contributed by atoms with Crippen LogP contribution in [0.5, 0.6) is 0 Å². The lowest BCUT2D eigenvalue weighted by Crippen LogP contribution is -2.11. The predicted octanol–water partition coefficient (Wildman–Crippen LogP) is 3.06. The van der Waals surface area contributed by atoms with Gasteiger partial charge in [0.15, 0.2) is 0 Å². The van der Waals surface area contributed by atoms with E-state index in [4.69, 9.17) is 0 Å². The Hall–Kier alpha value is -1.51. The van der Waals surface area contributed by atoms with Crippen molar-refractivity contribution in [1.82, 2.24) is 9.38 Å². The molecule has 3 heteroatoms. The standard InChI is InChI=1S/C13H19N3/c1-5-14-10-6-7-12-15-11(13(2,3)4)9-16(12)8-10/h6-9,14H,5H2,1-4H3. The zero-order chi connectivity index (χ0) is 11.8. The van der Waals surface area contributed by atoms with Gasteiger partial charge in [-0.15, -0.1) is 0 Å². The normalized spacial score (nSPS) is 12.0. The largest absolute Gasteiger partial charge is 0.384 e. The van der Waals surface area contributed by atoms with Crippen molar-refractivity contribution in [2.75, 3.05) is 11.9 Å². The summed E-state index contributed by atoms with van der Waals surface area (Å²) >= 11 is 0. The van der Waals surface area contributed by atoms with Crippen molar-refractivity contribution in [2.24, 2.45) is 0 Å². The topological polar surface area (TPSA) is 29.3 Å². The second kappa shape index (κ2) is 3.81. The van der Waals surface area contributed by atoms with Gasteiger partial charge in [-0.25, -0.2) is 4.98 Å². The Bertz CT molecular complexity index is 491. The molecule has 1 N–H and O–H groups in total. The molecule has 0 amide bonds. The quantitative estimate of drug-likeness (QED) is 0.837. The summed E-state index contributed by atoms with van der Waals surface area (Å²) in [6.45, 7) is 9.57. The number of hydrogen-bond donors (Lipinski definition) is 1. The van der Waals surface area contributed by atoms with Crippen LogP contribution in [-0.2, 0) is 5.41 Å². The molecule has 0 aliphatic carbocycles. The van der Waals surface area contributed by atoms with Gasteiger partial charge in [-0.2, -0.15) is 0 Å². The summed E-state index contributed by atoms with van der Waals surface area (Å²) in [6, 6.07) is 4.12. The third-order valence-corrected chi connectivity index (χ3v) is 2.60. The molecule has 0 spiro atoms. The van der Waals surface area contributed by atoms with Gasteiger partial charge < -0.3 is 9.72 Å². The molecule has 2 aromatic heterocycles. The zero-order valence-corrected chi connectivity index (χ0v) is 10.4. The molecule has 0 aliphatic rings. The number of nitrogens with one attached hydrogen (secondary N) is 1. The highest BCUT2D eigenvalue weighted by atomic mass is 15.0. The van der Waals surface area contributed by atoms with Gasteiger partial charge in [0.25, 0.3) is 0 Å². The molecule has 0 fully saturated rings. The Kier molecular flexibility index (Phi) is 2.62. The molecular weight excluding hydrogens is 198 g/mol. The summed E-state index contributed by atoms with van der Waals surface area (Å²) in [5, 5.41) is 3.30. The summed E-state index contributed by atoms with van der Waals surface area (Å²) in [5.41, 5.74) is 3.37. The van der Waals surface area contributed by atoms with Gasteiger partial charge in [0.1, 0.15) is 5.65 Å². The van der Waals surface area contributed by atoms with E-state index in [1.165, 1.54) is 0 Å². The fourth-order valence-electron chi connectivity index (χ4n) is 1.66. The molecule has 3 nitrogen and oxygen atoms in total. The van der Waals surface area contributed by atoms with E-state index < -0.39 is 0 Å². The van der Waals surface area contributed by atoms with Crippen LogP contribution in [0.2, 0.25) is 0 Å². The van der Waals surface area contributed by atoms with Crippen molar-refractivity contribution < 1.29 is 0 Å². The van der Waals surface area contributed by atoms with Crippen LogP contribution in [0.25, 0.3) is 5.65 Å². The molecule has 2 heterocycles. The van der Waals surface area contributed by atoms with Crippen LogP contribution in [0.4, 0.5) is 5.69 Å². The Labute approximate surface area is 96.5 Å². The minimum absolute atomic E-state index is 0.102. The van der Waals surface area contributed by atoms with Crippen LogP contribution >= 0.6 is 0 Å². The average Bonchev–Trinajstić information content (AvgIpc) is 2.60. The molecule has 0 saturated heterocycles. The molecule has 0 aliphatic heterocycles. The van der Waals surface area contributed by atoms with Gasteiger partial charge >= 0.3 is 0 Å². The van der Waals surface area contributed by atoms with Crippen LogP contribution in [-0.4, -0.2) is 15.9 Å². The summed E-state index contributed by atoms with van der Waals surface area (Å²) < 4.78 is 2.08. The van der Waals surface area contributed by atoms with E-state index >= 15 is 0 Å². The van der Waals surface area contributed by atoms with E-state index in [9.17, 15) is 0 Å². The molecule has 0 saturated carbocycles. The third-order valence-electron chi connectivity index (χ3n) is 2.60. The number of nitrogens with zero attached hydrogens (tertiary/aromatic N) is 2. The molecule has 2 rings (SSSR count). The van der Waals surface area contributed by atoms with Gasteiger partial charge in [-0.3, -0.25) is 0 Å². The fourth-order valence-corrected chi connectivity index (χ4v) is 1.66. The molecule has 0 unspecified atom stereocenters. The first-order valence-electron chi connectivity index (χ1n) is 5.74. The van der Waals surface area contributed by atoms with Crippen molar-refractivity contribution in [2.45, 2.75) is 33.1 Å². The minimum atomic E-state index is 0.102. The van der Waals surface area contributed by atoms with E-state index in [2.05, 4.69) is 60.9 Å². The second-order valence-corrected chi connectivity index (χ2v) is 5.09. The van der Waals surface area contributed by atoms with Crippen molar-refractivity contribution >= 4 is 11.3 Å². The molecular formula is C13H19N3. The fraction of sp³-hybridized carbons (Fsp3) is 0.462. The molecule has 0 bridgehead atoms. The van der Waals surface area contributed by atoms with Gasteiger partial charge in [0, 0.05) is 24.4 Å². The number of pyridine rings is 1. The zero-order valence-electron chi connectivity index (χ0n) is 10.4. The highest BCUT2D eigenvalue weighted by Gasteiger charge is 2.17. The van der Waals surface area contributed by atoms with Crippen LogP contribution in [0.1, 0.15) is 33.4 Å². The SMILES string of the molecule is CCNc1ccc2nc(C(C)(C)C)cn2c1. The number of rotatable bonds is 2. The first-order chi connectivity index (χ1) is 7.50. The number of fused-ring (bicyclic) bond motifs is 1. The number of imidazole rings is 1. The first kappa shape index (κ1) is 11.0. The van der Waals surface area contributed by atoms with Gasteiger partial charge in [0.2, 0.25) is 0 Å². The van der Waals surface area contributed by atoms with E-state index in [0.717, 1.165) is 23.6 Å². The van der Waals surface area contributed by atoms with Crippen molar-refractivity contribution in [1.29, 1.82) is 0 Å². The maximum Gasteiger partial charge on any atom is 0.137 e. The third kappa shape index (κ3) is 2.03. The summed E-state index contributed by atoms with van der Waals surface area (Å²) in [5.74, 6) is 0. The van der Waals surface area contributed by atoms with Crippen LogP contribution in [0.3, 0.4) is 0 Å². The second-order valence-electron chi connectivity index (χ2n) is 5.09. The summed E-state index contributed by atoms with van der Waals surface area (Å²) in [4.78, 5) is 4.62. The Morgan fingerprint density at radius 3 is 2.62 bits per heavy atom. The average molecular weight is 217 g/mol. The van der Waals surface area contributed by atoms with E-state index in [0.29, 0.717) is 0 Å². The lowest BCUT2D eigenvalue weighted by atomic mass is 9.93. The van der Waals surface area contributed by atoms with E-state index in [1.807, 2.05) is 6.07 Å². The first-order valence-corrected chi connectivity index (χ1v) is 5.74. The van der Waals surface area contributed by atoms with Crippen LogP contribution < -0.4 is 5.32 Å². The van der Waals surface area contributed by atoms with Crippen LogP contribution in [0.15, 0.2) is 24.5 Å². The number of hydrogen-bond acceptors (Lipinski definition) is 2. The van der Waals surface area contributed by atoms with Crippen molar-refractivity contribution in [3.05, 3.63) is 30.2 Å². The Morgan fingerprint density at radius 2 is 2.00 bits per heavy atom. The number of anilines is 1. The van der Waals surface area contributed by atoms with E-state index in [1.54, 1.807) is 0 Å². The maximum atomic E-state index is 4.62. The van der Waals surface area contributed by atoms with Crippen molar-refractivity contribution in [3.63, 3.8) is 0 Å². The van der Waals surface area contributed by atoms with Gasteiger partial charge in [-0.1, -0.05) is 20.8 Å². The van der Waals surface area contributed by atoms with Crippen LogP contribution in [0, 0.1) is 0 Å². The molecule has 16 heavy (non-hydrogen) atoms. The number of aromatic nitrogens is 2. The monoisotopic (exact) mass is 217 g/mol. The lowest BCUT2D eigenvalue weighted by Gasteiger charge is -2.13. The molecule has 0 atom stereocenters. The van der Waals surface area contributed by atoms with E-state index in [-0.39, 0.29) is 5.41 Å². The Morgan fingerprint density at radius 1 is 1.25 bits per heavy atom. The van der Waals surface area contributed by atoms with Gasteiger partial charge in [-0.05, 0) is 19.1 Å². The molecule has 0 radical (unpaired) electrons. The summed E-state index contributed by atoms with van der Waals surface area (Å²) in [6.07, 6.45) is 4.19. The minimum Gasteiger partial charge on any atom is -0.384 e. The maximum absolute atomic E-state index is 4.62. The lowest BCUT2D eigenvalue weighted by molar-refractivity contribution is 0.573. The highest BCUT2D eigenvalue weighted by Crippen LogP contribution is 2.22. The smallest absolute Gasteiger partial charge is 0.137 e. The summed E-state index contributed by atoms with van der Waals surface area (Å²) in [7, 11) is 0. The van der Waals surface area contributed by atoms with Crippen molar-refractivity contribution in [3.8, 4) is 0 Å². The highest BCUT2D eigenvalue weighted by molar-refractivity contribution is 5.51. The molecule has 2 aromatic rings. The van der Waals surface area contributed by atoms with Gasteiger partial charge in [0.05, 0.1) is 11.4 Å². The Balaban J connectivity index is 2.46.